The summed E-state index contributed by atoms with van der Waals surface area (Å²) in [4.78, 5) is 20.2. The van der Waals surface area contributed by atoms with Gasteiger partial charge in [-0.25, -0.2) is 0 Å². The summed E-state index contributed by atoms with van der Waals surface area (Å²) >= 11 is 0. The van der Waals surface area contributed by atoms with Gasteiger partial charge in [0.2, 0.25) is 5.91 Å². The van der Waals surface area contributed by atoms with Crippen molar-refractivity contribution < 1.29 is 4.79 Å². The SMILES string of the molecule is CN(C)C(=O)[C@@H]1CCCCN1Cc1ccncc1. The Labute approximate surface area is 109 Å². The number of carbonyl (C=O) groups is 1. The zero-order valence-corrected chi connectivity index (χ0v) is 11.2. The molecule has 0 saturated carbocycles. The van der Waals surface area contributed by atoms with Crippen LogP contribution >= 0.6 is 0 Å². The third-order valence-corrected chi connectivity index (χ3v) is 3.47. The highest BCUT2D eigenvalue weighted by atomic mass is 16.2. The fourth-order valence-electron chi connectivity index (χ4n) is 2.48. The molecule has 1 aromatic heterocycles. The van der Waals surface area contributed by atoms with Crippen LogP contribution in [0.4, 0.5) is 0 Å². The van der Waals surface area contributed by atoms with Crippen LogP contribution < -0.4 is 0 Å². The number of hydrogen-bond donors (Lipinski definition) is 0. The van der Waals surface area contributed by atoms with Gasteiger partial charge in [-0.3, -0.25) is 14.7 Å². The van der Waals surface area contributed by atoms with E-state index < -0.39 is 0 Å². The second-order valence-corrected chi connectivity index (χ2v) is 5.07. The molecule has 98 valence electrons. The van der Waals surface area contributed by atoms with E-state index in [0.717, 1.165) is 25.9 Å². The smallest absolute Gasteiger partial charge is 0.239 e. The third-order valence-electron chi connectivity index (χ3n) is 3.47. The number of nitrogens with zero attached hydrogens (tertiary/aromatic N) is 3. The average molecular weight is 247 g/mol. The lowest BCUT2D eigenvalue weighted by atomic mass is 10.0. The Bertz CT molecular complexity index is 391. The molecule has 1 saturated heterocycles. The molecule has 4 nitrogen and oxygen atoms in total. The van der Waals surface area contributed by atoms with Crippen molar-refractivity contribution in [3.63, 3.8) is 0 Å². The Balaban J connectivity index is 2.06. The van der Waals surface area contributed by atoms with Gasteiger partial charge in [-0.05, 0) is 37.1 Å². The highest BCUT2D eigenvalue weighted by Crippen LogP contribution is 2.20. The molecule has 0 bridgehead atoms. The van der Waals surface area contributed by atoms with Gasteiger partial charge in [0.05, 0.1) is 6.04 Å². The van der Waals surface area contributed by atoms with Crippen molar-refractivity contribution in [3.8, 4) is 0 Å². The van der Waals surface area contributed by atoms with Crippen molar-refractivity contribution in [1.29, 1.82) is 0 Å². The molecule has 1 amide bonds. The van der Waals surface area contributed by atoms with Gasteiger partial charge in [-0.15, -0.1) is 0 Å². The van der Waals surface area contributed by atoms with Crippen LogP contribution in [0.3, 0.4) is 0 Å². The van der Waals surface area contributed by atoms with Gasteiger partial charge >= 0.3 is 0 Å². The zero-order chi connectivity index (χ0) is 13.0. The number of piperidine rings is 1. The van der Waals surface area contributed by atoms with Crippen LogP contribution in [0.1, 0.15) is 24.8 Å². The summed E-state index contributed by atoms with van der Waals surface area (Å²) in [6.07, 6.45) is 6.92. The van der Waals surface area contributed by atoms with Crippen LogP contribution in [-0.2, 0) is 11.3 Å². The molecule has 4 heteroatoms. The van der Waals surface area contributed by atoms with Gasteiger partial charge in [0.15, 0.2) is 0 Å². The van der Waals surface area contributed by atoms with Gasteiger partial charge in [0, 0.05) is 33.0 Å². The van der Waals surface area contributed by atoms with E-state index in [4.69, 9.17) is 0 Å². The summed E-state index contributed by atoms with van der Waals surface area (Å²) in [5.41, 5.74) is 1.23. The first-order valence-electron chi connectivity index (χ1n) is 6.52. The van der Waals surface area contributed by atoms with Crippen molar-refractivity contribution in [3.05, 3.63) is 30.1 Å². The van der Waals surface area contributed by atoms with E-state index in [1.54, 1.807) is 4.90 Å². The number of amides is 1. The third kappa shape index (κ3) is 3.07. The van der Waals surface area contributed by atoms with Gasteiger partial charge in [-0.2, -0.15) is 0 Å². The molecule has 18 heavy (non-hydrogen) atoms. The number of carbonyl (C=O) groups excluding carboxylic acids is 1. The number of likely N-dealkylation sites (tertiary alicyclic amines) is 1. The monoisotopic (exact) mass is 247 g/mol. The summed E-state index contributed by atoms with van der Waals surface area (Å²) in [6.45, 7) is 1.85. The summed E-state index contributed by atoms with van der Waals surface area (Å²) < 4.78 is 0. The summed E-state index contributed by atoms with van der Waals surface area (Å²) in [7, 11) is 3.67. The first-order valence-corrected chi connectivity index (χ1v) is 6.52. The van der Waals surface area contributed by atoms with E-state index in [1.807, 2.05) is 38.6 Å². The Morgan fingerprint density at radius 2 is 2.11 bits per heavy atom. The van der Waals surface area contributed by atoms with E-state index >= 15 is 0 Å². The Morgan fingerprint density at radius 3 is 2.78 bits per heavy atom. The normalized spacial score (nSPS) is 20.7. The minimum absolute atomic E-state index is 0.0434. The standard InChI is InChI=1S/C14H21N3O/c1-16(2)14(18)13-5-3-4-10-17(13)11-12-6-8-15-9-7-12/h6-9,13H,3-5,10-11H2,1-2H3/t13-/m0/s1. The molecule has 1 aromatic rings. The molecule has 0 aliphatic carbocycles. The predicted octanol–water partition coefficient (Wildman–Crippen LogP) is 1.52. The highest BCUT2D eigenvalue weighted by molar-refractivity contribution is 5.81. The van der Waals surface area contributed by atoms with Crippen LogP contribution in [0.2, 0.25) is 0 Å². The molecule has 0 N–H and O–H groups in total. The van der Waals surface area contributed by atoms with E-state index in [2.05, 4.69) is 9.88 Å². The Morgan fingerprint density at radius 1 is 1.39 bits per heavy atom. The van der Waals surface area contributed by atoms with E-state index in [1.165, 1.54) is 12.0 Å². The second kappa shape index (κ2) is 5.96. The number of rotatable bonds is 3. The molecule has 2 heterocycles. The van der Waals surface area contributed by atoms with Gasteiger partial charge in [0.25, 0.3) is 0 Å². The van der Waals surface area contributed by atoms with Crippen molar-refractivity contribution in [2.75, 3.05) is 20.6 Å². The number of hydrogen-bond acceptors (Lipinski definition) is 3. The lowest BCUT2D eigenvalue weighted by molar-refractivity contribution is -0.136. The van der Waals surface area contributed by atoms with Crippen LogP contribution in [0.15, 0.2) is 24.5 Å². The minimum atomic E-state index is 0.0434. The Hall–Kier alpha value is -1.42. The van der Waals surface area contributed by atoms with Gasteiger partial charge in [0.1, 0.15) is 0 Å². The molecule has 1 aliphatic heterocycles. The molecule has 1 aliphatic rings. The summed E-state index contributed by atoms with van der Waals surface area (Å²) in [5, 5.41) is 0. The van der Waals surface area contributed by atoms with Crippen LogP contribution in [0.25, 0.3) is 0 Å². The highest BCUT2D eigenvalue weighted by Gasteiger charge is 2.29. The number of aromatic nitrogens is 1. The van der Waals surface area contributed by atoms with E-state index in [-0.39, 0.29) is 11.9 Å². The van der Waals surface area contributed by atoms with Crippen LogP contribution in [-0.4, -0.2) is 47.4 Å². The largest absolute Gasteiger partial charge is 0.347 e. The molecule has 0 radical (unpaired) electrons. The fourth-order valence-corrected chi connectivity index (χ4v) is 2.48. The molecular formula is C14H21N3O. The first-order chi connectivity index (χ1) is 8.68. The Kier molecular flexibility index (Phi) is 4.31. The van der Waals surface area contributed by atoms with Gasteiger partial charge < -0.3 is 4.90 Å². The molecule has 1 atom stereocenters. The summed E-state index contributed by atoms with van der Waals surface area (Å²) in [6, 6.07) is 4.08. The molecular weight excluding hydrogens is 226 g/mol. The quantitative estimate of drug-likeness (QED) is 0.812. The minimum Gasteiger partial charge on any atom is -0.347 e. The predicted molar refractivity (Wildman–Crippen MR) is 71.0 cm³/mol. The number of likely N-dealkylation sites (N-methyl/N-ethyl adjacent to an activating group) is 1. The molecule has 2 rings (SSSR count). The maximum Gasteiger partial charge on any atom is 0.239 e. The van der Waals surface area contributed by atoms with Gasteiger partial charge in [-0.1, -0.05) is 6.42 Å². The maximum absolute atomic E-state index is 12.2. The number of pyridine rings is 1. The van der Waals surface area contributed by atoms with Crippen molar-refractivity contribution in [1.82, 2.24) is 14.8 Å². The van der Waals surface area contributed by atoms with E-state index in [9.17, 15) is 4.79 Å². The molecule has 0 aromatic carbocycles. The zero-order valence-electron chi connectivity index (χ0n) is 11.2. The maximum atomic E-state index is 12.2. The molecule has 0 unspecified atom stereocenters. The lowest BCUT2D eigenvalue weighted by Crippen LogP contribution is -2.48. The molecule has 1 fully saturated rings. The average Bonchev–Trinajstić information content (AvgIpc) is 2.39. The molecule has 0 spiro atoms. The van der Waals surface area contributed by atoms with E-state index in [0.29, 0.717) is 0 Å². The fraction of sp³-hybridized carbons (Fsp3) is 0.571. The first kappa shape index (κ1) is 13.0. The topological polar surface area (TPSA) is 36.4 Å². The van der Waals surface area contributed by atoms with Crippen LogP contribution in [0.5, 0.6) is 0 Å². The lowest BCUT2D eigenvalue weighted by Gasteiger charge is -2.36. The van der Waals surface area contributed by atoms with Crippen molar-refractivity contribution in [2.24, 2.45) is 0 Å². The van der Waals surface area contributed by atoms with Crippen molar-refractivity contribution >= 4 is 5.91 Å². The second-order valence-electron chi connectivity index (χ2n) is 5.07. The van der Waals surface area contributed by atoms with Crippen molar-refractivity contribution in [2.45, 2.75) is 31.8 Å². The van der Waals surface area contributed by atoms with Crippen LogP contribution in [0, 0.1) is 0 Å². The summed E-state index contributed by atoms with van der Waals surface area (Å²) in [5.74, 6) is 0.226.